The van der Waals surface area contributed by atoms with Crippen molar-refractivity contribution in [2.24, 2.45) is 11.7 Å². The van der Waals surface area contributed by atoms with Crippen LogP contribution < -0.4 is 11.1 Å². The summed E-state index contributed by atoms with van der Waals surface area (Å²) < 4.78 is 5.64. The first-order valence-corrected chi connectivity index (χ1v) is 7.33. The zero-order valence-corrected chi connectivity index (χ0v) is 12.6. The number of nitrogens with one attached hydrogen (secondary N) is 1. The molecule has 0 radical (unpaired) electrons. The summed E-state index contributed by atoms with van der Waals surface area (Å²) in [5.74, 6) is 1.74. The van der Waals surface area contributed by atoms with Gasteiger partial charge in [0.1, 0.15) is 5.76 Å². The fraction of sp³-hybridized carbons (Fsp3) is 0.733. The second-order valence-corrected chi connectivity index (χ2v) is 6.70. The highest BCUT2D eigenvalue weighted by atomic mass is 16.4. The van der Waals surface area contributed by atoms with Gasteiger partial charge in [-0.1, -0.05) is 27.2 Å². The highest BCUT2D eigenvalue weighted by molar-refractivity contribution is 5.76. The lowest BCUT2D eigenvalue weighted by Gasteiger charge is -2.14. The van der Waals surface area contributed by atoms with Gasteiger partial charge in [0.2, 0.25) is 11.8 Å². The van der Waals surface area contributed by atoms with Crippen molar-refractivity contribution in [1.82, 2.24) is 10.3 Å². The molecule has 1 saturated carbocycles. The number of rotatable bonds is 4. The number of hydrogen-bond donors (Lipinski definition) is 2. The van der Waals surface area contributed by atoms with Crippen molar-refractivity contribution in [2.45, 2.75) is 64.5 Å². The van der Waals surface area contributed by atoms with Gasteiger partial charge in [-0.3, -0.25) is 4.79 Å². The Balaban J connectivity index is 1.80. The van der Waals surface area contributed by atoms with Crippen LogP contribution in [-0.2, 0) is 16.8 Å². The minimum atomic E-state index is -0.0636. The maximum absolute atomic E-state index is 11.9. The Morgan fingerprint density at radius 3 is 2.80 bits per heavy atom. The SMILES string of the molecule is CC(C)(C)c1cnc(CNC(=O)C[C@@H]2CCC[C@H]2N)o1. The van der Waals surface area contributed by atoms with Crippen LogP contribution in [0.2, 0.25) is 0 Å². The van der Waals surface area contributed by atoms with Gasteiger partial charge in [0.05, 0.1) is 12.7 Å². The first kappa shape index (κ1) is 15.0. The molecule has 5 nitrogen and oxygen atoms in total. The van der Waals surface area contributed by atoms with E-state index in [2.05, 4.69) is 31.1 Å². The summed E-state index contributed by atoms with van der Waals surface area (Å²) >= 11 is 0. The molecule has 0 saturated heterocycles. The van der Waals surface area contributed by atoms with E-state index in [0.717, 1.165) is 25.0 Å². The molecule has 0 bridgehead atoms. The van der Waals surface area contributed by atoms with E-state index < -0.39 is 0 Å². The van der Waals surface area contributed by atoms with Crippen LogP contribution in [0.4, 0.5) is 0 Å². The van der Waals surface area contributed by atoms with Gasteiger partial charge in [0.15, 0.2) is 0 Å². The molecular formula is C15H25N3O2. The third-order valence-corrected chi connectivity index (χ3v) is 3.90. The van der Waals surface area contributed by atoms with Crippen molar-refractivity contribution < 1.29 is 9.21 Å². The van der Waals surface area contributed by atoms with Gasteiger partial charge in [0, 0.05) is 17.9 Å². The number of carbonyl (C=O) groups excluding carboxylic acids is 1. The minimum Gasteiger partial charge on any atom is -0.443 e. The third-order valence-electron chi connectivity index (χ3n) is 3.90. The Morgan fingerprint density at radius 2 is 2.25 bits per heavy atom. The molecule has 2 atom stereocenters. The maximum atomic E-state index is 11.9. The van der Waals surface area contributed by atoms with Gasteiger partial charge in [0.25, 0.3) is 0 Å². The molecule has 0 spiro atoms. The van der Waals surface area contributed by atoms with Crippen molar-refractivity contribution in [3.05, 3.63) is 17.8 Å². The van der Waals surface area contributed by atoms with E-state index in [1.165, 1.54) is 0 Å². The van der Waals surface area contributed by atoms with Gasteiger partial charge in [-0.15, -0.1) is 0 Å². The van der Waals surface area contributed by atoms with E-state index in [-0.39, 0.29) is 17.4 Å². The number of carbonyl (C=O) groups is 1. The highest BCUT2D eigenvalue weighted by Gasteiger charge is 2.26. The van der Waals surface area contributed by atoms with Crippen LogP contribution in [0.3, 0.4) is 0 Å². The van der Waals surface area contributed by atoms with Crippen LogP contribution in [-0.4, -0.2) is 16.9 Å². The molecule has 0 aliphatic heterocycles. The molecule has 112 valence electrons. The average Bonchev–Trinajstić information content (AvgIpc) is 2.96. The van der Waals surface area contributed by atoms with E-state index in [1.54, 1.807) is 6.20 Å². The van der Waals surface area contributed by atoms with Gasteiger partial charge in [-0.05, 0) is 18.8 Å². The fourth-order valence-electron chi connectivity index (χ4n) is 2.54. The molecule has 20 heavy (non-hydrogen) atoms. The first-order valence-electron chi connectivity index (χ1n) is 7.33. The average molecular weight is 279 g/mol. The third kappa shape index (κ3) is 3.82. The molecule has 0 aromatic carbocycles. The largest absolute Gasteiger partial charge is 0.443 e. The minimum absolute atomic E-state index is 0.0304. The van der Waals surface area contributed by atoms with Crippen LogP contribution in [0, 0.1) is 5.92 Å². The molecule has 2 rings (SSSR count). The molecule has 1 aromatic heterocycles. The Kier molecular flexibility index (Phi) is 4.48. The Labute approximate surface area is 120 Å². The zero-order chi connectivity index (χ0) is 14.8. The summed E-state index contributed by atoms with van der Waals surface area (Å²) in [6.07, 6.45) is 5.46. The van der Waals surface area contributed by atoms with Crippen molar-refractivity contribution in [2.75, 3.05) is 0 Å². The van der Waals surface area contributed by atoms with Gasteiger partial charge >= 0.3 is 0 Å². The zero-order valence-electron chi connectivity index (χ0n) is 12.6. The molecule has 1 aliphatic carbocycles. The van der Waals surface area contributed by atoms with E-state index >= 15 is 0 Å². The van der Waals surface area contributed by atoms with Gasteiger partial charge < -0.3 is 15.5 Å². The lowest BCUT2D eigenvalue weighted by Crippen LogP contribution is -2.31. The summed E-state index contributed by atoms with van der Waals surface area (Å²) in [7, 11) is 0. The van der Waals surface area contributed by atoms with E-state index in [4.69, 9.17) is 10.2 Å². The van der Waals surface area contributed by atoms with Crippen molar-refractivity contribution in [3.8, 4) is 0 Å². The monoisotopic (exact) mass is 279 g/mol. The van der Waals surface area contributed by atoms with Gasteiger partial charge in [-0.25, -0.2) is 4.98 Å². The molecule has 1 fully saturated rings. The summed E-state index contributed by atoms with van der Waals surface area (Å²) in [4.78, 5) is 16.1. The standard InChI is InChI=1S/C15H25N3O2/c1-15(2,3)12-8-18-14(20-12)9-17-13(19)7-10-5-4-6-11(10)16/h8,10-11H,4-7,9,16H2,1-3H3,(H,17,19)/t10-,11+/m0/s1. The predicted molar refractivity (Wildman–Crippen MR) is 77.0 cm³/mol. The van der Waals surface area contributed by atoms with Crippen LogP contribution >= 0.6 is 0 Å². The Morgan fingerprint density at radius 1 is 1.50 bits per heavy atom. The number of hydrogen-bond acceptors (Lipinski definition) is 4. The summed E-state index contributed by atoms with van der Waals surface area (Å²) in [5.41, 5.74) is 5.91. The Bertz CT molecular complexity index is 462. The first-order chi connectivity index (χ1) is 9.36. The highest BCUT2D eigenvalue weighted by Crippen LogP contribution is 2.26. The van der Waals surface area contributed by atoms with Crippen LogP contribution in [0.15, 0.2) is 10.6 Å². The predicted octanol–water partition coefficient (Wildman–Crippen LogP) is 2.11. The lowest BCUT2D eigenvalue weighted by molar-refractivity contribution is -0.122. The second kappa shape index (κ2) is 5.95. The summed E-state index contributed by atoms with van der Waals surface area (Å²) in [6, 6.07) is 0.176. The number of oxazole rings is 1. The van der Waals surface area contributed by atoms with E-state index in [1.807, 2.05) is 0 Å². The molecule has 3 N–H and O–H groups in total. The van der Waals surface area contributed by atoms with Crippen LogP contribution in [0.25, 0.3) is 0 Å². The molecule has 1 aliphatic rings. The lowest BCUT2D eigenvalue weighted by atomic mass is 9.94. The maximum Gasteiger partial charge on any atom is 0.220 e. The smallest absolute Gasteiger partial charge is 0.220 e. The molecule has 1 aromatic rings. The molecule has 1 amide bonds. The number of amides is 1. The van der Waals surface area contributed by atoms with E-state index in [0.29, 0.717) is 24.8 Å². The van der Waals surface area contributed by atoms with E-state index in [9.17, 15) is 4.79 Å². The second-order valence-electron chi connectivity index (χ2n) is 6.70. The quantitative estimate of drug-likeness (QED) is 0.884. The Hall–Kier alpha value is -1.36. The molecule has 1 heterocycles. The topological polar surface area (TPSA) is 81.2 Å². The van der Waals surface area contributed by atoms with Crippen molar-refractivity contribution in [3.63, 3.8) is 0 Å². The van der Waals surface area contributed by atoms with Crippen molar-refractivity contribution in [1.29, 1.82) is 0 Å². The van der Waals surface area contributed by atoms with Crippen LogP contribution in [0.5, 0.6) is 0 Å². The number of aromatic nitrogens is 1. The molecule has 0 unspecified atom stereocenters. The normalized spacial score (nSPS) is 23.0. The molecular weight excluding hydrogens is 254 g/mol. The number of nitrogens with zero attached hydrogens (tertiary/aromatic N) is 1. The fourth-order valence-corrected chi connectivity index (χ4v) is 2.54. The molecule has 5 heteroatoms. The van der Waals surface area contributed by atoms with Gasteiger partial charge in [-0.2, -0.15) is 0 Å². The summed E-state index contributed by atoms with van der Waals surface area (Å²) in [5, 5.41) is 2.86. The van der Waals surface area contributed by atoms with Crippen LogP contribution in [0.1, 0.15) is 58.1 Å². The van der Waals surface area contributed by atoms with Crippen molar-refractivity contribution >= 4 is 5.91 Å². The number of nitrogens with two attached hydrogens (primary N) is 1. The summed E-state index contributed by atoms with van der Waals surface area (Å²) in [6.45, 7) is 6.54.